The Kier molecular flexibility index (Phi) is 4.71. The second-order valence-corrected chi connectivity index (χ2v) is 6.76. The second-order valence-electron chi connectivity index (χ2n) is 4.74. The SMILES string of the molecule is CS(=O)(=O)c1ccc(CCNc2ccncc2[N+](=O)[O-])cc1. The first-order valence-electron chi connectivity index (χ1n) is 6.49. The summed E-state index contributed by atoms with van der Waals surface area (Å²) in [7, 11) is -3.20. The highest BCUT2D eigenvalue weighted by atomic mass is 32.2. The number of hydrogen-bond acceptors (Lipinski definition) is 6. The van der Waals surface area contributed by atoms with Crippen LogP contribution in [0.2, 0.25) is 0 Å². The molecule has 0 aliphatic heterocycles. The van der Waals surface area contributed by atoms with Gasteiger partial charge in [-0.15, -0.1) is 0 Å². The summed E-state index contributed by atoms with van der Waals surface area (Å²) in [6.45, 7) is 0.489. The van der Waals surface area contributed by atoms with Crippen molar-refractivity contribution in [2.75, 3.05) is 18.1 Å². The van der Waals surface area contributed by atoms with E-state index < -0.39 is 14.8 Å². The standard InChI is InChI=1S/C14H15N3O4S/c1-22(20,21)12-4-2-11(3-5-12)6-9-16-13-7-8-15-10-14(13)17(18)19/h2-5,7-8,10H,6,9H2,1H3,(H,15,16). The van der Waals surface area contributed by atoms with Gasteiger partial charge < -0.3 is 5.32 Å². The predicted octanol–water partition coefficient (Wildman–Crippen LogP) is 2.05. The summed E-state index contributed by atoms with van der Waals surface area (Å²) in [5.74, 6) is 0. The maximum atomic E-state index is 11.4. The molecule has 0 atom stereocenters. The maximum absolute atomic E-state index is 11.4. The van der Waals surface area contributed by atoms with E-state index in [9.17, 15) is 18.5 Å². The average molecular weight is 321 g/mol. The van der Waals surface area contributed by atoms with Gasteiger partial charge in [0.1, 0.15) is 11.9 Å². The molecule has 0 radical (unpaired) electrons. The first-order chi connectivity index (χ1) is 10.4. The van der Waals surface area contributed by atoms with Gasteiger partial charge in [0.25, 0.3) is 0 Å². The summed E-state index contributed by atoms with van der Waals surface area (Å²) in [6.07, 6.45) is 4.45. The number of sulfone groups is 1. The minimum Gasteiger partial charge on any atom is -0.379 e. The Balaban J connectivity index is 1.99. The number of nitrogens with one attached hydrogen (secondary N) is 1. The zero-order valence-corrected chi connectivity index (χ0v) is 12.7. The molecule has 1 aromatic heterocycles. The van der Waals surface area contributed by atoms with Gasteiger partial charge in [-0.25, -0.2) is 8.42 Å². The van der Waals surface area contributed by atoms with Crippen molar-refractivity contribution >= 4 is 21.2 Å². The number of aromatic nitrogens is 1. The smallest absolute Gasteiger partial charge is 0.310 e. The minimum atomic E-state index is -3.20. The molecule has 1 aromatic carbocycles. The van der Waals surface area contributed by atoms with Gasteiger partial charge in [-0.3, -0.25) is 15.1 Å². The Morgan fingerprint density at radius 2 is 1.91 bits per heavy atom. The predicted molar refractivity (Wildman–Crippen MR) is 82.6 cm³/mol. The lowest BCUT2D eigenvalue weighted by molar-refractivity contribution is -0.384. The van der Waals surface area contributed by atoms with Crippen molar-refractivity contribution in [2.24, 2.45) is 0 Å². The Labute approximate surface area is 128 Å². The Morgan fingerprint density at radius 3 is 2.50 bits per heavy atom. The Bertz CT molecular complexity index is 773. The van der Waals surface area contributed by atoms with Crippen molar-refractivity contribution in [1.82, 2.24) is 4.98 Å². The van der Waals surface area contributed by atoms with E-state index in [2.05, 4.69) is 10.3 Å². The van der Waals surface area contributed by atoms with Gasteiger partial charge in [-0.2, -0.15) is 0 Å². The summed E-state index contributed by atoms with van der Waals surface area (Å²) >= 11 is 0. The van der Waals surface area contributed by atoms with Crippen molar-refractivity contribution in [3.05, 3.63) is 58.4 Å². The van der Waals surface area contributed by atoms with E-state index in [1.54, 1.807) is 30.3 Å². The summed E-state index contributed by atoms with van der Waals surface area (Å²) in [6, 6.07) is 8.13. The molecule has 0 amide bonds. The summed E-state index contributed by atoms with van der Waals surface area (Å²) in [5, 5.41) is 13.8. The third kappa shape index (κ3) is 4.01. The van der Waals surface area contributed by atoms with Gasteiger partial charge in [0.15, 0.2) is 9.84 Å². The molecule has 0 aliphatic rings. The minimum absolute atomic E-state index is 0.0741. The third-order valence-electron chi connectivity index (χ3n) is 3.08. The highest BCUT2D eigenvalue weighted by Gasteiger charge is 2.12. The van der Waals surface area contributed by atoms with Gasteiger partial charge in [0.05, 0.1) is 9.82 Å². The monoisotopic (exact) mass is 321 g/mol. The number of rotatable bonds is 6. The molecule has 2 rings (SSSR count). The van der Waals surface area contributed by atoms with E-state index in [4.69, 9.17) is 0 Å². The van der Waals surface area contributed by atoms with E-state index in [0.29, 0.717) is 18.7 Å². The fourth-order valence-electron chi connectivity index (χ4n) is 1.93. The van der Waals surface area contributed by atoms with Gasteiger partial charge in [-0.1, -0.05) is 12.1 Å². The number of nitro groups is 1. The van der Waals surface area contributed by atoms with E-state index >= 15 is 0 Å². The molecule has 0 aliphatic carbocycles. The van der Waals surface area contributed by atoms with Crippen LogP contribution < -0.4 is 5.32 Å². The molecule has 0 saturated carbocycles. The molecule has 0 saturated heterocycles. The first kappa shape index (κ1) is 15.9. The maximum Gasteiger partial charge on any atom is 0.310 e. The van der Waals surface area contributed by atoms with Crippen LogP contribution in [0.15, 0.2) is 47.6 Å². The van der Waals surface area contributed by atoms with Crippen LogP contribution in [0, 0.1) is 10.1 Å². The van der Waals surface area contributed by atoms with E-state index in [-0.39, 0.29) is 10.6 Å². The highest BCUT2D eigenvalue weighted by Crippen LogP contribution is 2.21. The average Bonchev–Trinajstić information content (AvgIpc) is 2.47. The van der Waals surface area contributed by atoms with Gasteiger partial charge in [-0.05, 0) is 30.2 Å². The molecular weight excluding hydrogens is 306 g/mol. The first-order valence-corrected chi connectivity index (χ1v) is 8.38. The Hall–Kier alpha value is -2.48. The van der Waals surface area contributed by atoms with Crippen LogP contribution in [0.3, 0.4) is 0 Å². The van der Waals surface area contributed by atoms with Crippen LogP contribution >= 0.6 is 0 Å². The number of anilines is 1. The summed E-state index contributed by atoms with van der Waals surface area (Å²) < 4.78 is 22.7. The molecule has 116 valence electrons. The van der Waals surface area contributed by atoms with E-state index in [1.165, 1.54) is 12.4 Å². The van der Waals surface area contributed by atoms with Crippen LogP contribution in [-0.2, 0) is 16.3 Å². The van der Waals surface area contributed by atoms with E-state index in [1.807, 2.05) is 0 Å². The molecule has 0 bridgehead atoms. The topological polar surface area (TPSA) is 102 Å². The molecule has 1 heterocycles. The summed E-state index contributed by atoms with van der Waals surface area (Å²) in [4.78, 5) is 14.4. The van der Waals surface area contributed by atoms with Crippen molar-refractivity contribution in [2.45, 2.75) is 11.3 Å². The van der Waals surface area contributed by atoms with Gasteiger partial charge in [0, 0.05) is 19.0 Å². The zero-order valence-electron chi connectivity index (χ0n) is 11.9. The Morgan fingerprint density at radius 1 is 1.23 bits per heavy atom. The van der Waals surface area contributed by atoms with E-state index in [0.717, 1.165) is 11.8 Å². The van der Waals surface area contributed by atoms with Crippen LogP contribution in [0.25, 0.3) is 0 Å². The molecule has 2 aromatic rings. The lowest BCUT2D eigenvalue weighted by atomic mass is 10.1. The van der Waals surface area contributed by atoms with Gasteiger partial charge in [0.2, 0.25) is 0 Å². The van der Waals surface area contributed by atoms with Crippen LogP contribution in [-0.4, -0.2) is 31.1 Å². The fourth-order valence-corrected chi connectivity index (χ4v) is 2.56. The van der Waals surface area contributed by atoms with Crippen molar-refractivity contribution in [1.29, 1.82) is 0 Å². The molecule has 1 N–H and O–H groups in total. The normalized spacial score (nSPS) is 11.1. The van der Waals surface area contributed by atoms with Gasteiger partial charge >= 0.3 is 5.69 Å². The number of pyridine rings is 1. The molecule has 0 fully saturated rings. The molecule has 0 spiro atoms. The summed E-state index contributed by atoms with van der Waals surface area (Å²) in [5.41, 5.74) is 1.28. The molecule has 0 unspecified atom stereocenters. The van der Waals surface area contributed by atoms with Crippen LogP contribution in [0.1, 0.15) is 5.56 Å². The molecule has 7 nitrogen and oxygen atoms in total. The lowest BCUT2D eigenvalue weighted by Crippen LogP contribution is -2.07. The largest absolute Gasteiger partial charge is 0.379 e. The number of benzene rings is 1. The van der Waals surface area contributed by atoms with Crippen molar-refractivity contribution in [3.8, 4) is 0 Å². The third-order valence-corrected chi connectivity index (χ3v) is 4.21. The molecule has 8 heteroatoms. The van der Waals surface area contributed by atoms with Crippen molar-refractivity contribution < 1.29 is 13.3 Å². The number of hydrogen-bond donors (Lipinski definition) is 1. The zero-order chi connectivity index (χ0) is 16.2. The molecular formula is C14H15N3O4S. The molecule has 22 heavy (non-hydrogen) atoms. The quantitative estimate of drug-likeness (QED) is 0.645. The van der Waals surface area contributed by atoms with Crippen LogP contribution in [0.5, 0.6) is 0 Å². The van der Waals surface area contributed by atoms with Crippen LogP contribution in [0.4, 0.5) is 11.4 Å². The fraction of sp³-hybridized carbons (Fsp3) is 0.214. The highest BCUT2D eigenvalue weighted by molar-refractivity contribution is 7.90. The number of nitrogens with zero attached hydrogens (tertiary/aromatic N) is 2. The second kappa shape index (κ2) is 6.52. The lowest BCUT2D eigenvalue weighted by Gasteiger charge is -2.07. The van der Waals surface area contributed by atoms with Crippen molar-refractivity contribution in [3.63, 3.8) is 0 Å².